The van der Waals surface area contributed by atoms with E-state index in [0.29, 0.717) is 19.5 Å². The molecule has 2 atom stereocenters. The predicted octanol–water partition coefficient (Wildman–Crippen LogP) is 1.29. The number of carboxylic acid groups (broad SMARTS) is 1. The van der Waals surface area contributed by atoms with Crippen molar-refractivity contribution in [1.82, 2.24) is 10.2 Å². The number of amides is 2. The summed E-state index contributed by atoms with van der Waals surface area (Å²) in [6.07, 6.45) is 2.44. The average molecular weight is 286 g/mol. The molecule has 0 aromatic heterocycles. The lowest BCUT2D eigenvalue weighted by Crippen LogP contribution is -2.48. The summed E-state index contributed by atoms with van der Waals surface area (Å²) in [6, 6.07) is -0.245. The van der Waals surface area contributed by atoms with Crippen LogP contribution in [-0.2, 0) is 4.79 Å². The van der Waals surface area contributed by atoms with E-state index in [4.69, 9.17) is 5.11 Å². The SMILES string of the molecule is CCN(CC(C)(C)O)C(=O)NCC1CCCC1C(=O)O. The number of carbonyl (C=O) groups excluding carboxylic acids is 1. The zero-order valence-corrected chi connectivity index (χ0v) is 12.6. The van der Waals surface area contributed by atoms with E-state index in [1.807, 2.05) is 6.92 Å². The van der Waals surface area contributed by atoms with Gasteiger partial charge in [0.1, 0.15) is 0 Å². The highest BCUT2D eigenvalue weighted by atomic mass is 16.4. The molecule has 0 aromatic carbocycles. The number of nitrogens with one attached hydrogen (secondary N) is 1. The van der Waals surface area contributed by atoms with Crippen LogP contribution in [-0.4, -0.2) is 52.3 Å². The van der Waals surface area contributed by atoms with Crippen molar-refractivity contribution < 1.29 is 19.8 Å². The van der Waals surface area contributed by atoms with Gasteiger partial charge < -0.3 is 20.4 Å². The number of carboxylic acids is 1. The number of urea groups is 1. The van der Waals surface area contributed by atoms with Crippen LogP contribution in [0, 0.1) is 11.8 Å². The van der Waals surface area contributed by atoms with Crippen molar-refractivity contribution in [3.8, 4) is 0 Å². The molecule has 0 aromatic rings. The summed E-state index contributed by atoms with van der Waals surface area (Å²) in [5.74, 6) is -1.11. The first-order valence-corrected chi connectivity index (χ1v) is 7.22. The van der Waals surface area contributed by atoms with Crippen LogP contribution in [0.1, 0.15) is 40.0 Å². The molecule has 116 valence electrons. The number of hydrogen-bond donors (Lipinski definition) is 3. The topological polar surface area (TPSA) is 89.9 Å². The van der Waals surface area contributed by atoms with Crippen LogP contribution in [0.15, 0.2) is 0 Å². The number of aliphatic carboxylic acids is 1. The molecule has 1 rings (SSSR count). The zero-order chi connectivity index (χ0) is 15.3. The standard InChI is InChI=1S/C14H26N2O4/c1-4-16(9-14(2,3)20)13(19)15-8-10-6-5-7-11(10)12(17)18/h10-11,20H,4-9H2,1-3H3,(H,15,19)(H,17,18). The molecule has 3 N–H and O–H groups in total. The number of rotatable bonds is 6. The monoisotopic (exact) mass is 286 g/mol. The molecule has 1 saturated carbocycles. The molecule has 0 heterocycles. The lowest BCUT2D eigenvalue weighted by molar-refractivity contribution is -0.142. The number of nitrogens with zero attached hydrogens (tertiary/aromatic N) is 1. The maximum absolute atomic E-state index is 12.0. The summed E-state index contributed by atoms with van der Waals surface area (Å²) in [6.45, 7) is 6.30. The lowest BCUT2D eigenvalue weighted by atomic mass is 9.96. The number of carbonyl (C=O) groups is 2. The van der Waals surface area contributed by atoms with Gasteiger partial charge in [-0.25, -0.2) is 4.79 Å². The minimum Gasteiger partial charge on any atom is -0.481 e. The number of aliphatic hydroxyl groups is 1. The third kappa shape index (κ3) is 5.00. The molecule has 2 amide bonds. The highest BCUT2D eigenvalue weighted by molar-refractivity contribution is 5.74. The molecule has 6 nitrogen and oxygen atoms in total. The largest absolute Gasteiger partial charge is 0.481 e. The van der Waals surface area contributed by atoms with Crippen molar-refractivity contribution in [2.75, 3.05) is 19.6 Å². The third-order valence-electron chi connectivity index (χ3n) is 3.74. The van der Waals surface area contributed by atoms with Crippen LogP contribution in [0.4, 0.5) is 4.79 Å². The Morgan fingerprint density at radius 3 is 2.50 bits per heavy atom. The van der Waals surface area contributed by atoms with Gasteiger partial charge >= 0.3 is 12.0 Å². The Kier molecular flexibility index (Phi) is 5.80. The Bertz CT molecular complexity index is 352. The van der Waals surface area contributed by atoms with Crippen LogP contribution in [0.25, 0.3) is 0 Å². The summed E-state index contributed by atoms with van der Waals surface area (Å²) < 4.78 is 0. The van der Waals surface area contributed by atoms with Crippen LogP contribution in [0.5, 0.6) is 0 Å². The van der Waals surface area contributed by atoms with E-state index in [1.165, 1.54) is 4.90 Å². The summed E-state index contributed by atoms with van der Waals surface area (Å²) in [4.78, 5) is 24.7. The molecular weight excluding hydrogens is 260 g/mol. The van der Waals surface area contributed by atoms with Gasteiger partial charge in [-0.3, -0.25) is 4.79 Å². The first-order chi connectivity index (χ1) is 9.24. The molecule has 0 spiro atoms. The Balaban J connectivity index is 2.47. The number of hydrogen-bond acceptors (Lipinski definition) is 3. The summed E-state index contributed by atoms with van der Waals surface area (Å²) in [5.41, 5.74) is -0.940. The van der Waals surface area contributed by atoms with Crippen LogP contribution in [0.2, 0.25) is 0 Å². The van der Waals surface area contributed by atoms with Crippen molar-refractivity contribution in [3.63, 3.8) is 0 Å². The minimum atomic E-state index is -0.940. The fourth-order valence-electron chi connectivity index (χ4n) is 2.73. The van der Waals surface area contributed by atoms with Gasteiger partial charge in [0.2, 0.25) is 0 Å². The van der Waals surface area contributed by atoms with Gasteiger partial charge in [-0.2, -0.15) is 0 Å². The van der Waals surface area contributed by atoms with E-state index < -0.39 is 11.6 Å². The fourth-order valence-corrected chi connectivity index (χ4v) is 2.73. The molecule has 20 heavy (non-hydrogen) atoms. The van der Waals surface area contributed by atoms with Gasteiger partial charge in [0.05, 0.1) is 18.1 Å². The van der Waals surface area contributed by atoms with E-state index in [-0.39, 0.29) is 24.4 Å². The summed E-state index contributed by atoms with van der Waals surface area (Å²) in [7, 11) is 0. The molecule has 1 aliphatic carbocycles. The fraction of sp³-hybridized carbons (Fsp3) is 0.857. The van der Waals surface area contributed by atoms with Gasteiger partial charge in [-0.05, 0) is 39.5 Å². The van der Waals surface area contributed by atoms with Gasteiger partial charge in [-0.15, -0.1) is 0 Å². The summed E-state index contributed by atoms with van der Waals surface area (Å²) >= 11 is 0. The maximum atomic E-state index is 12.0. The lowest BCUT2D eigenvalue weighted by Gasteiger charge is -2.29. The van der Waals surface area contributed by atoms with Crippen LogP contribution >= 0.6 is 0 Å². The smallest absolute Gasteiger partial charge is 0.317 e. The van der Waals surface area contributed by atoms with Gasteiger partial charge in [0, 0.05) is 13.1 Å². The zero-order valence-electron chi connectivity index (χ0n) is 12.6. The first-order valence-electron chi connectivity index (χ1n) is 7.22. The van der Waals surface area contributed by atoms with Gasteiger partial charge in [0.15, 0.2) is 0 Å². The van der Waals surface area contributed by atoms with E-state index in [9.17, 15) is 14.7 Å². The average Bonchev–Trinajstić information content (AvgIpc) is 2.80. The van der Waals surface area contributed by atoms with Crippen molar-refractivity contribution in [3.05, 3.63) is 0 Å². The Morgan fingerprint density at radius 1 is 1.35 bits per heavy atom. The molecule has 1 fully saturated rings. The highest BCUT2D eigenvalue weighted by Crippen LogP contribution is 2.31. The third-order valence-corrected chi connectivity index (χ3v) is 3.74. The summed E-state index contributed by atoms with van der Waals surface area (Å²) in [5, 5.41) is 21.7. The quantitative estimate of drug-likeness (QED) is 0.686. The molecule has 1 aliphatic rings. The second-order valence-corrected chi connectivity index (χ2v) is 6.15. The number of likely N-dealkylation sites (N-methyl/N-ethyl adjacent to an activating group) is 1. The predicted molar refractivity (Wildman–Crippen MR) is 75.4 cm³/mol. The second kappa shape index (κ2) is 6.92. The van der Waals surface area contributed by atoms with Crippen molar-refractivity contribution in [2.24, 2.45) is 11.8 Å². The van der Waals surface area contributed by atoms with Gasteiger partial charge in [0.25, 0.3) is 0 Å². The molecule has 0 aliphatic heterocycles. The van der Waals surface area contributed by atoms with Crippen molar-refractivity contribution in [1.29, 1.82) is 0 Å². The van der Waals surface area contributed by atoms with Crippen LogP contribution < -0.4 is 5.32 Å². The van der Waals surface area contributed by atoms with Gasteiger partial charge in [-0.1, -0.05) is 6.42 Å². The van der Waals surface area contributed by atoms with Crippen molar-refractivity contribution in [2.45, 2.75) is 45.6 Å². The first kappa shape index (κ1) is 16.8. The highest BCUT2D eigenvalue weighted by Gasteiger charge is 2.33. The normalized spacial score (nSPS) is 22.6. The van der Waals surface area contributed by atoms with E-state index in [1.54, 1.807) is 13.8 Å². The Morgan fingerprint density at radius 2 is 2.00 bits per heavy atom. The molecule has 0 saturated heterocycles. The Hall–Kier alpha value is -1.30. The second-order valence-electron chi connectivity index (χ2n) is 6.15. The Labute approximate surface area is 120 Å². The molecule has 6 heteroatoms. The van der Waals surface area contributed by atoms with E-state index in [0.717, 1.165) is 12.8 Å². The minimum absolute atomic E-state index is 0.0114. The molecule has 0 bridgehead atoms. The van der Waals surface area contributed by atoms with Crippen LogP contribution in [0.3, 0.4) is 0 Å². The molecular formula is C14H26N2O4. The van der Waals surface area contributed by atoms with E-state index in [2.05, 4.69) is 5.32 Å². The maximum Gasteiger partial charge on any atom is 0.317 e. The molecule has 2 unspecified atom stereocenters. The van der Waals surface area contributed by atoms with Crippen molar-refractivity contribution >= 4 is 12.0 Å². The van der Waals surface area contributed by atoms with E-state index >= 15 is 0 Å². The molecule has 0 radical (unpaired) electrons.